The topological polar surface area (TPSA) is 66.5 Å². The Balaban J connectivity index is 1.89. The van der Waals surface area contributed by atoms with Crippen molar-refractivity contribution in [1.29, 1.82) is 0 Å². The van der Waals surface area contributed by atoms with Crippen LogP contribution in [0.3, 0.4) is 0 Å². The summed E-state index contributed by atoms with van der Waals surface area (Å²) >= 11 is 0. The molecule has 3 rings (SSSR count). The van der Waals surface area contributed by atoms with Gasteiger partial charge in [0.1, 0.15) is 10.7 Å². The molecule has 0 aromatic heterocycles. The van der Waals surface area contributed by atoms with Crippen molar-refractivity contribution in [3.05, 3.63) is 59.4 Å². The van der Waals surface area contributed by atoms with Gasteiger partial charge in [0.05, 0.1) is 0 Å². The number of amides is 1. The number of sulfonamides is 1. The van der Waals surface area contributed by atoms with Gasteiger partial charge in [-0.15, -0.1) is 0 Å². The maximum Gasteiger partial charge on any atom is 0.255 e. The number of carbonyl (C=O) groups is 1. The fraction of sp³-hybridized carbons (Fsp3) is 0.278. The number of anilines is 1. The van der Waals surface area contributed by atoms with Crippen molar-refractivity contribution in [3.8, 4) is 0 Å². The van der Waals surface area contributed by atoms with Gasteiger partial charge in [-0.2, -0.15) is 4.31 Å². The van der Waals surface area contributed by atoms with E-state index in [0.29, 0.717) is 18.8 Å². The van der Waals surface area contributed by atoms with E-state index in [-0.39, 0.29) is 5.56 Å². The van der Waals surface area contributed by atoms with E-state index in [1.807, 2.05) is 13.0 Å². The molecule has 0 aliphatic carbocycles. The SMILES string of the molecule is Cc1cccc(NC(=O)c2ccc(F)c(S(=O)(=O)N3CCCC3)c2)c1. The second kappa shape index (κ2) is 6.93. The number of benzene rings is 2. The summed E-state index contributed by atoms with van der Waals surface area (Å²) < 4.78 is 40.6. The normalized spacial score (nSPS) is 15.3. The van der Waals surface area contributed by atoms with Crippen LogP contribution in [0.15, 0.2) is 47.4 Å². The van der Waals surface area contributed by atoms with Gasteiger partial charge in [0.25, 0.3) is 5.91 Å². The molecule has 1 saturated heterocycles. The Morgan fingerprint density at radius 1 is 1.12 bits per heavy atom. The predicted octanol–water partition coefficient (Wildman–Crippen LogP) is 3.17. The second-order valence-electron chi connectivity index (χ2n) is 6.08. The van der Waals surface area contributed by atoms with E-state index in [2.05, 4.69) is 5.32 Å². The molecule has 5 nitrogen and oxygen atoms in total. The lowest BCUT2D eigenvalue weighted by molar-refractivity contribution is 0.102. The van der Waals surface area contributed by atoms with Crippen LogP contribution < -0.4 is 5.32 Å². The largest absolute Gasteiger partial charge is 0.322 e. The van der Waals surface area contributed by atoms with Crippen LogP contribution in [0, 0.1) is 12.7 Å². The van der Waals surface area contributed by atoms with Crippen LogP contribution in [-0.4, -0.2) is 31.7 Å². The molecule has 2 aromatic carbocycles. The van der Waals surface area contributed by atoms with Crippen molar-refractivity contribution in [1.82, 2.24) is 4.31 Å². The zero-order valence-corrected chi connectivity index (χ0v) is 14.6. The number of carbonyl (C=O) groups excluding carboxylic acids is 1. The molecule has 1 heterocycles. The third-order valence-electron chi connectivity index (χ3n) is 4.15. The van der Waals surface area contributed by atoms with Gasteiger partial charge >= 0.3 is 0 Å². The van der Waals surface area contributed by atoms with Crippen LogP contribution in [0.2, 0.25) is 0 Å². The lowest BCUT2D eigenvalue weighted by Gasteiger charge is -2.16. The first kappa shape index (κ1) is 17.6. The molecule has 1 aliphatic rings. The van der Waals surface area contributed by atoms with Crippen molar-refractivity contribution in [2.45, 2.75) is 24.7 Å². The minimum atomic E-state index is -3.93. The molecular formula is C18H19FN2O3S. The van der Waals surface area contributed by atoms with Gasteiger partial charge in [-0.3, -0.25) is 4.79 Å². The van der Waals surface area contributed by atoms with E-state index in [0.717, 1.165) is 30.5 Å². The smallest absolute Gasteiger partial charge is 0.255 e. The number of halogens is 1. The monoisotopic (exact) mass is 362 g/mol. The standard InChI is InChI=1S/C18H19FN2O3S/c1-13-5-4-6-15(11-13)20-18(22)14-7-8-16(19)17(12-14)25(23,24)21-9-2-3-10-21/h4-8,11-12H,2-3,9-10H2,1H3,(H,20,22). The van der Waals surface area contributed by atoms with Crippen molar-refractivity contribution >= 4 is 21.6 Å². The molecule has 0 spiro atoms. The van der Waals surface area contributed by atoms with Gasteiger partial charge in [0.15, 0.2) is 0 Å². The Morgan fingerprint density at radius 3 is 2.52 bits per heavy atom. The molecule has 1 fully saturated rings. The zero-order chi connectivity index (χ0) is 18.0. The molecule has 0 unspecified atom stereocenters. The number of rotatable bonds is 4. The summed E-state index contributed by atoms with van der Waals surface area (Å²) in [5.74, 6) is -1.33. The van der Waals surface area contributed by atoms with Crippen LogP contribution in [0.1, 0.15) is 28.8 Å². The van der Waals surface area contributed by atoms with Gasteiger partial charge in [-0.05, 0) is 55.7 Å². The summed E-state index contributed by atoms with van der Waals surface area (Å²) in [7, 11) is -3.93. The Bertz CT molecular complexity index is 906. The van der Waals surface area contributed by atoms with Gasteiger partial charge in [-0.25, -0.2) is 12.8 Å². The third kappa shape index (κ3) is 3.72. The Hall–Kier alpha value is -2.25. The van der Waals surface area contributed by atoms with Crippen LogP contribution in [0.4, 0.5) is 10.1 Å². The van der Waals surface area contributed by atoms with E-state index in [9.17, 15) is 17.6 Å². The fourth-order valence-electron chi connectivity index (χ4n) is 2.84. The summed E-state index contributed by atoms with van der Waals surface area (Å²) in [6.45, 7) is 2.65. The van der Waals surface area contributed by atoms with Crippen molar-refractivity contribution < 1.29 is 17.6 Å². The Kier molecular flexibility index (Phi) is 4.87. The van der Waals surface area contributed by atoms with Crippen molar-refractivity contribution in [2.24, 2.45) is 0 Å². The van der Waals surface area contributed by atoms with E-state index >= 15 is 0 Å². The fourth-order valence-corrected chi connectivity index (χ4v) is 4.44. The number of aryl methyl sites for hydroxylation is 1. The number of hydrogen-bond donors (Lipinski definition) is 1. The minimum absolute atomic E-state index is 0.0979. The summed E-state index contributed by atoms with van der Waals surface area (Å²) in [6, 6.07) is 10.6. The van der Waals surface area contributed by atoms with E-state index in [1.54, 1.807) is 18.2 Å². The molecule has 132 valence electrons. The minimum Gasteiger partial charge on any atom is -0.322 e. The van der Waals surface area contributed by atoms with Crippen LogP contribution in [0.5, 0.6) is 0 Å². The summed E-state index contributed by atoms with van der Waals surface area (Å²) in [4.78, 5) is 11.9. The molecule has 25 heavy (non-hydrogen) atoms. The maximum atomic E-state index is 14.1. The van der Waals surface area contributed by atoms with Crippen molar-refractivity contribution in [3.63, 3.8) is 0 Å². The highest BCUT2D eigenvalue weighted by Gasteiger charge is 2.30. The Morgan fingerprint density at radius 2 is 1.84 bits per heavy atom. The highest BCUT2D eigenvalue weighted by atomic mass is 32.2. The quantitative estimate of drug-likeness (QED) is 0.908. The molecule has 1 N–H and O–H groups in total. The lowest BCUT2D eigenvalue weighted by Crippen LogP contribution is -2.29. The van der Waals surface area contributed by atoms with E-state index < -0.39 is 26.6 Å². The zero-order valence-electron chi connectivity index (χ0n) is 13.8. The first-order valence-electron chi connectivity index (χ1n) is 8.05. The van der Waals surface area contributed by atoms with Gasteiger partial charge in [0, 0.05) is 24.3 Å². The summed E-state index contributed by atoms with van der Waals surface area (Å²) in [6.07, 6.45) is 1.52. The predicted molar refractivity (Wildman–Crippen MR) is 93.5 cm³/mol. The Labute approximate surface area is 146 Å². The van der Waals surface area contributed by atoms with Crippen LogP contribution >= 0.6 is 0 Å². The molecule has 1 aliphatic heterocycles. The van der Waals surface area contributed by atoms with Crippen molar-refractivity contribution in [2.75, 3.05) is 18.4 Å². The second-order valence-corrected chi connectivity index (χ2v) is 7.99. The molecule has 7 heteroatoms. The average Bonchev–Trinajstić information content (AvgIpc) is 3.10. The van der Waals surface area contributed by atoms with E-state index in [4.69, 9.17) is 0 Å². The maximum absolute atomic E-state index is 14.1. The lowest BCUT2D eigenvalue weighted by atomic mass is 10.2. The van der Waals surface area contributed by atoms with Crippen LogP contribution in [-0.2, 0) is 10.0 Å². The van der Waals surface area contributed by atoms with E-state index in [1.165, 1.54) is 10.4 Å². The first-order valence-corrected chi connectivity index (χ1v) is 9.50. The average molecular weight is 362 g/mol. The van der Waals surface area contributed by atoms with Gasteiger partial charge < -0.3 is 5.32 Å². The summed E-state index contributed by atoms with van der Waals surface area (Å²) in [5.41, 5.74) is 1.67. The highest BCUT2D eigenvalue weighted by Crippen LogP contribution is 2.24. The van der Waals surface area contributed by atoms with Crippen LogP contribution in [0.25, 0.3) is 0 Å². The molecule has 0 saturated carbocycles. The summed E-state index contributed by atoms with van der Waals surface area (Å²) in [5, 5.41) is 2.70. The first-order chi connectivity index (χ1) is 11.9. The molecular weight excluding hydrogens is 343 g/mol. The third-order valence-corrected chi connectivity index (χ3v) is 6.07. The number of nitrogens with zero attached hydrogens (tertiary/aromatic N) is 1. The molecule has 0 radical (unpaired) electrons. The molecule has 1 amide bonds. The van der Waals surface area contributed by atoms with Gasteiger partial charge in [0.2, 0.25) is 10.0 Å². The number of hydrogen-bond acceptors (Lipinski definition) is 3. The molecule has 0 atom stereocenters. The van der Waals surface area contributed by atoms with Gasteiger partial charge in [-0.1, -0.05) is 12.1 Å². The molecule has 0 bridgehead atoms. The highest BCUT2D eigenvalue weighted by molar-refractivity contribution is 7.89. The molecule has 2 aromatic rings. The number of nitrogens with one attached hydrogen (secondary N) is 1.